The summed E-state index contributed by atoms with van der Waals surface area (Å²) in [5, 5.41) is 152. The van der Waals surface area contributed by atoms with Crippen LogP contribution >= 0.6 is 0 Å². The van der Waals surface area contributed by atoms with Gasteiger partial charge in [0.05, 0.1) is 62.5 Å². The van der Waals surface area contributed by atoms with Crippen LogP contribution in [0.1, 0.15) is 16.7 Å². The molecular weight excluding hydrogens is 1210 g/mol. The maximum atomic E-state index is 14.1. The lowest BCUT2D eigenvalue weighted by Gasteiger charge is -2.49. The molecule has 90 heavy (non-hydrogen) atoms. The number of carbonyl (C=O) groups is 3. The van der Waals surface area contributed by atoms with Crippen LogP contribution in [-0.4, -0.2) is 281 Å². The summed E-state index contributed by atoms with van der Waals surface area (Å²) in [6.45, 7) is -5.48. The summed E-state index contributed by atoms with van der Waals surface area (Å²) in [5.74, 6) is -8.04. The number of phenolic OH excluding ortho intramolecular Hbond substituents is 3. The third-order valence-corrected chi connectivity index (χ3v) is 14.7. The van der Waals surface area contributed by atoms with Crippen molar-refractivity contribution in [3.8, 4) is 51.7 Å². The quantitative estimate of drug-likeness (QED) is 0.0208. The van der Waals surface area contributed by atoms with Crippen LogP contribution in [0.3, 0.4) is 0 Å². The fourth-order valence-corrected chi connectivity index (χ4v) is 9.91. The number of phenols is 3. The first-order chi connectivity index (χ1) is 43.0. The second-order valence-corrected chi connectivity index (χ2v) is 20.3. The zero-order chi connectivity index (χ0) is 65.9. The van der Waals surface area contributed by atoms with Crippen LogP contribution in [-0.2, 0) is 61.8 Å². The lowest BCUT2D eigenvalue weighted by Crippen LogP contribution is -2.67. The number of rotatable bonds is 26. The second kappa shape index (κ2) is 31.2. The molecule has 4 aliphatic heterocycles. The Balaban J connectivity index is 1.25. The molecule has 3 aromatic rings. The summed E-state index contributed by atoms with van der Waals surface area (Å²) >= 11 is 0. The number of carbonyl (C=O) groups excluding carboxylic acids is 3. The second-order valence-electron chi connectivity index (χ2n) is 20.3. The molecule has 0 radical (unpaired) electrons. The molecule has 0 saturated carbocycles. The molecule has 33 nitrogen and oxygen atoms in total. The number of benzene rings is 3. The van der Waals surface area contributed by atoms with Gasteiger partial charge in [-0.1, -0.05) is 0 Å². The van der Waals surface area contributed by atoms with E-state index in [0.717, 1.165) is 24.3 Å². The van der Waals surface area contributed by atoms with Crippen LogP contribution in [0, 0.1) is 0 Å². The first-order valence-corrected chi connectivity index (χ1v) is 27.3. The molecule has 14 N–H and O–H groups in total. The van der Waals surface area contributed by atoms with Gasteiger partial charge in [-0.05, 0) is 71.3 Å². The average Bonchev–Trinajstić information content (AvgIpc) is 1.52. The van der Waals surface area contributed by atoms with Crippen molar-refractivity contribution in [2.24, 2.45) is 0 Å². The Morgan fingerprint density at radius 2 is 0.822 bits per heavy atom. The first kappa shape index (κ1) is 70.2. The Labute approximate surface area is 511 Å². The lowest BCUT2D eigenvalue weighted by atomic mass is 9.96. The zero-order valence-electron chi connectivity index (χ0n) is 48.9. The molecule has 3 aromatic carbocycles. The van der Waals surface area contributed by atoms with Crippen molar-refractivity contribution in [3.05, 3.63) is 71.3 Å². The Morgan fingerprint density at radius 3 is 1.26 bits per heavy atom. The number of aliphatic hydroxyl groups is 11. The van der Waals surface area contributed by atoms with Gasteiger partial charge in [0.15, 0.2) is 65.6 Å². The minimum atomic E-state index is -2.96. The van der Waals surface area contributed by atoms with Gasteiger partial charge in [0.25, 0.3) is 0 Å². The molecule has 4 fully saturated rings. The van der Waals surface area contributed by atoms with Crippen molar-refractivity contribution < 1.29 is 162 Å². The minimum absolute atomic E-state index is 0.0248. The number of ether oxygens (including phenoxy) is 16. The van der Waals surface area contributed by atoms with Crippen molar-refractivity contribution in [1.82, 2.24) is 0 Å². The number of hydrogen-bond acceptors (Lipinski definition) is 33. The highest BCUT2D eigenvalue weighted by atomic mass is 16.8. The van der Waals surface area contributed by atoms with E-state index in [0.29, 0.717) is 0 Å². The Hall–Kier alpha value is -7.23. The molecule has 4 heterocycles. The standard InChI is InChI=1S/C57H72O33/c1-75-27-13-24(14-28(76-2)40(27)65)7-10-37(62)81-22-36-44(69)46(71)52(88-55-49(74)47(72)50(34(20-59)83-55)87-54-48(73)45(70)43(68)33(19-58)82-54)56(84-36)90-57(23-61)53(86-39(64)12-9-26-17-31(79-5)42(67)32(18-26)80-6)51(35(21-60)89-57)85-38(63)11-8-25-15-29(77-3)41(66)30(16-25)78-4/h7-18,33-36,43-56,58-61,65-74H,19-23H2,1-6H3. The Morgan fingerprint density at radius 1 is 0.444 bits per heavy atom. The molecule has 7 rings (SSSR count). The van der Waals surface area contributed by atoms with Crippen LogP contribution in [0.2, 0.25) is 0 Å². The number of aromatic hydroxyl groups is 3. The van der Waals surface area contributed by atoms with Crippen molar-refractivity contribution in [2.75, 3.05) is 75.7 Å². The van der Waals surface area contributed by atoms with Crippen LogP contribution in [0.4, 0.5) is 0 Å². The van der Waals surface area contributed by atoms with Crippen molar-refractivity contribution >= 4 is 36.1 Å². The van der Waals surface area contributed by atoms with Gasteiger partial charge in [-0.3, -0.25) is 0 Å². The van der Waals surface area contributed by atoms with E-state index >= 15 is 0 Å². The van der Waals surface area contributed by atoms with Crippen molar-refractivity contribution in [3.63, 3.8) is 0 Å². The summed E-state index contributed by atoms with van der Waals surface area (Å²) in [5.41, 5.74) is 0.649. The van der Waals surface area contributed by atoms with E-state index in [-0.39, 0.29) is 68.4 Å². The average molecular weight is 1290 g/mol. The van der Waals surface area contributed by atoms with Crippen LogP contribution in [0.5, 0.6) is 51.7 Å². The van der Waals surface area contributed by atoms with Crippen molar-refractivity contribution in [2.45, 2.75) is 116 Å². The zero-order valence-corrected chi connectivity index (χ0v) is 48.9. The SMILES string of the molecule is COc1cc(C=CC(=O)OCC2OC(OC3(CO)OC(CO)C(OC(=O)C=Cc4cc(OC)c(O)c(OC)c4)C3OC(=O)C=Cc3cc(OC)c(O)c(OC)c3)C(OC3OC(CO)C(OC4OC(CO)C(O)C(O)C4O)C(O)C3O)C(O)C2O)cc(OC)c1O. The molecular formula is C57H72O33. The normalized spacial score (nSPS) is 32.0. The Kier molecular flexibility index (Phi) is 24.3. The largest absolute Gasteiger partial charge is 0.502 e. The molecule has 19 atom stereocenters. The topological polar surface area (TPSA) is 482 Å². The first-order valence-electron chi connectivity index (χ1n) is 27.3. The third-order valence-electron chi connectivity index (χ3n) is 14.7. The molecule has 4 saturated heterocycles. The lowest BCUT2D eigenvalue weighted by molar-refractivity contribution is -0.412. The molecule has 0 amide bonds. The molecule has 19 unspecified atom stereocenters. The highest BCUT2D eigenvalue weighted by Gasteiger charge is 2.64. The summed E-state index contributed by atoms with van der Waals surface area (Å²) in [4.78, 5) is 41.2. The minimum Gasteiger partial charge on any atom is -0.502 e. The van der Waals surface area contributed by atoms with E-state index < -0.39 is 167 Å². The van der Waals surface area contributed by atoms with Gasteiger partial charge >= 0.3 is 17.9 Å². The highest BCUT2D eigenvalue weighted by Crippen LogP contribution is 2.43. The molecule has 4 aliphatic rings. The molecule has 498 valence electrons. The van der Waals surface area contributed by atoms with Crippen LogP contribution in [0.15, 0.2) is 54.6 Å². The van der Waals surface area contributed by atoms with Crippen LogP contribution in [0.25, 0.3) is 18.2 Å². The number of aliphatic hydroxyl groups excluding tert-OH is 11. The summed E-state index contributed by atoms with van der Waals surface area (Å²) < 4.78 is 89.5. The maximum Gasteiger partial charge on any atom is 0.331 e. The van der Waals surface area contributed by atoms with Crippen LogP contribution < -0.4 is 28.4 Å². The van der Waals surface area contributed by atoms with Crippen molar-refractivity contribution in [1.29, 1.82) is 0 Å². The van der Waals surface area contributed by atoms with E-state index in [9.17, 15) is 85.9 Å². The molecule has 0 aromatic heterocycles. The summed E-state index contributed by atoms with van der Waals surface area (Å²) in [6.07, 6.45) is -30.7. The predicted molar refractivity (Wildman–Crippen MR) is 296 cm³/mol. The van der Waals surface area contributed by atoms with Gasteiger partial charge < -0.3 is 147 Å². The Bertz CT molecular complexity index is 2930. The predicted octanol–water partition coefficient (Wildman–Crippen LogP) is -3.79. The van der Waals surface area contributed by atoms with E-state index in [4.69, 9.17) is 75.8 Å². The number of esters is 3. The smallest absolute Gasteiger partial charge is 0.331 e. The summed E-state index contributed by atoms with van der Waals surface area (Å²) in [7, 11) is 7.53. The fourth-order valence-electron chi connectivity index (χ4n) is 9.91. The maximum absolute atomic E-state index is 14.1. The molecule has 0 spiro atoms. The van der Waals surface area contributed by atoms with Gasteiger partial charge in [-0.15, -0.1) is 0 Å². The van der Waals surface area contributed by atoms with Gasteiger partial charge in [-0.25, -0.2) is 14.4 Å². The summed E-state index contributed by atoms with van der Waals surface area (Å²) in [6, 6.07) is 7.94. The molecule has 33 heteroatoms. The van der Waals surface area contributed by atoms with E-state index in [1.54, 1.807) is 0 Å². The fraction of sp³-hybridized carbons (Fsp3) is 0.526. The monoisotopic (exact) mass is 1280 g/mol. The van der Waals surface area contributed by atoms with Gasteiger partial charge in [0, 0.05) is 18.2 Å². The van der Waals surface area contributed by atoms with E-state index in [1.165, 1.54) is 91.2 Å². The van der Waals surface area contributed by atoms with Gasteiger partial charge in [0.1, 0.15) is 92.6 Å². The third kappa shape index (κ3) is 15.6. The number of hydrogen-bond donors (Lipinski definition) is 14. The van der Waals surface area contributed by atoms with E-state index in [1.807, 2.05) is 0 Å². The number of methoxy groups -OCH3 is 6. The van der Waals surface area contributed by atoms with Gasteiger partial charge in [0.2, 0.25) is 23.0 Å². The van der Waals surface area contributed by atoms with E-state index in [2.05, 4.69) is 0 Å². The highest BCUT2D eigenvalue weighted by molar-refractivity contribution is 5.89. The molecule has 0 bridgehead atoms. The van der Waals surface area contributed by atoms with Gasteiger partial charge in [-0.2, -0.15) is 0 Å². The molecule has 0 aliphatic carbocycles.